The number of hydrogen-bond acceptors (Lipinski definition) is 3. The fourth-order valence-corrected chi connectivity index (χ4v) is 2.14. The Labute approximate surface area is 117 Å². The summed E-state index contributed by atoms with van der Waals surface area (Å²) in [6, 6.07) is 7.77. The van der Waals surface area contributed by atoms with Gasteiger partial charge in [-0.3, -0.25) is 0 Å². The van der Waals surface area contributed by atoms with Crippen LogP contribution in [0.25, 0.3) is 0 Å². The SMILES string of the molecule is CCCOc1ccccc1C(O)C(C)(CC)N(C)C. The zero-order chi connectivity index (χ0) is 14.5. The van der Waals surface area contributed by atoms with E-state index in [2.05, 4.69) is 25.7 Å². The minimum Gasteiger partial charge on any atom is -0.493 e. The Morgan fingerprint density at radius 3 is 2.42 bits per heavy atom. The van der Waals surface area contributed by atoms with Crippen LogP contribution >= 0.6 is 0 Å². The van der Waals surface area contributed by atoms with E-state index in [0.717, 1.165) is 24.2 Å². The summed E-state index contributed by atoms with van der Waals surface area (Å²) in [4.78, 5) is 2.08. The lowest BCUT2D eigenvalue weighted by molar-refractivity contribution is -0.000717. The molecule has 0 aliphatic heterocycles. The first-order valence-electron chi connectivity index (χ1n) is 7.04. The van der Waals surface area contributed by atoms with Crippen LogP contribution in [0.1, 0.15) is 45.3 Å². The molecule has 19 heavy (non-hydrogen) atoms. The summed E-state index contributed by atoms with van der Waals surface area (Å²) in [6.45, 7) is 6.93. The molecule has 1 rings (SSSR count). The molecule has 0 spiro atoms. The van der Waals surface area contributed by atoms with E-state index >= 15 is 0 Å². The van der Waals surface area contributed by atoms with Crippen molar-refractivity contribution in [2.24, 2.45) is 0 Å². The van der Waals surface area contributed by atoms with E-state index in [0.29, 0.717) is 6.61 Å². The first-order chi connectivity index (χ1) is 8.97. The average molecular weight is 265 g/mol. The van der Waals surface area contributed by atoms with E-state index in [1.54, 1.807) is 0 Å². The summed E-state index contributed by atoms with van der Waals surface area (Å²) in [6.07, 6.45) is 1.26. The molecule has 0 aliphatic rings. The molecule has 0 fully saturated rings. The molecule has 1 aromatic rings. The Balaban J connectivity index is 3.07. The van der Waals surface area contributed by atoms with Gasteiger partial charge in [0.2, 0.25) is 0 Å². The largest absolute Gasteiger partial charge is 0.493 e. The van der Waals surface area contributed by atoms with E-state index in [9.17, 15) is 5.11 Å². The minimum absolute atomic E-state index is 0.300. The highest BCUT2D eigenvalue weighted by atomic mass is 16.5. The van der Waals surface area contributed by atoms with E-state index < -0.39 is 6.10 Å². The highest BCUT2D eigenvalue weighted by Crippen LogP contribution is 2.36. The summed E-state index contributed by atoms with van der Waals surface area (Å²) in [5, 5.41) is 10.8. The fraction of sp³-hybridized carbons (Fsp3) is 0.625. The van der Waals surface area contributed by atoms with E-state index in [-0.39, 0.29) is 5.54 Å². The van der Waals surface area contributed by atoms with Crippen molar-refractivity contribution in [3.8, 4) is 5.75 Å². The topological polar surface area (TPSA) is 32.7 Å². The molecule has 1 aromatic carbocycles. The third kappa shape index (κ3) is 3.48. The molecule has 0 heterocycles. The Hall–Kier alpha value is -1.06. The molecule has 0 aromatic heterocycles. The summed E-state index contributed by atoms with van der Waals surface area (Å²) < 4.78 is 5.75. The first-order valence-corrected chi connectivity index (χ1v) is 7.04. The summed E-state index contributed by atoms with van der Waals surface area (Å²) in [5.74, 6) is 0.790. The number of para-hydroxylation sites is 1. The van der Waals surface area contributed by atoms with Crippen molar-refractivity contribution in [3.63, 3.8) is 0 Å². The van der Waals surface area contributed by atoms with Crippen LogP contribution in [0.5, 0.6) is 5.75 Å². The van der Waals surface area contributed by atoms with Gasteiger partial charge in [0, 0.05) is 11.1 Å². The number of nitrogens with zero attached hydrogens (tertiary/aromatic N) is 1. The number of rotatable bonds is 7. The lowest BCUT2D eigenvalue weighted by Crippen LogP contribution is -2.46. The van der Waals surface area contributed by atoms with E-state index in [4.69, 9.17) is 4.74 Å². The van der Waals surface area contributed by atoms with Gasteiger partial charge >= 0.3 is 0 Å². The second kappa shape index (κ2) is 6.92. The van der Waals surface area contributed by atoms with E-state index in [1.807, 2.05) is 38.4 Å². The number of benzene rings is 1. The molecule has 0 saturated carbocycles. The van der Waals surface area contributed by atoms with Crippen molar-refractivity contribution in [3.05, 3.63) is 29.8 Å². The lowest BCUT2D eigenvalue weighted by atomic mass is 9.85. The molecule has 0 bridgehead atoms. The maximum absolute atomic E-state index is 10.8. The monoisotopic (exact) mass is 265 g/mol. The van der Waals surface area contributed by atoms with Crippen LogP contribution in [0.3, 0.4) is 0 Å². The second-order valence-corrected chi connectivity index (χ2v) is 5.39. The molecule has 0 saturated heterocycles. The van der Waals surface area contributed by atoms with Gasteiger partial charge < -0.3 is 14.7 Å². The maximum Gasteiger partial charge on any atom is 0.125 e. The van der Waals surface area contributed by atoms with Gasteiger partial charge in [-0.25, -0.2) is 0 Å². The van der Waals surface area contributed by atoms with Gasteiger partial charge in [0.25, 0.3) is 0 Å². The Morgan fingerprint density at radius 2 is 1.89 bits per heavy atom. The molecule has 0 amide bonds. The van der Waals surface area contributed by atoms with Crippen LogP contribution in [-0.2, 0) is 0 Å². The molecular formula is C16H27NO2. The van der Waals surface area contributed by atoms with Gasteiger partial charge in [-0.1, -0.05) is 32.0 Å². The maximum atomic E-state index is 10.8. The molecule has 3 nitrogen and oxygen atoms in total. The third-order valence-corrected chi connectivity index (χ3v) is 4.00. The normalized spacial score (nSPS) is 16.2. The van der Waals surface area contributed by atoms with Crippen LogP contribution < -0.4 is 4.74 Å². The summed E-state index contributed by atoms with van der Waals surface area (Å²) in [7, 11) is 4.00. The van der Waals surface area contributed by atoms with Gasteiger partial charge in [-0.2, -0.15) is 0 Å². The molecule has 3 heteroatoms. The smallest absolute Gasteiger partial charge is 0.125 e. The number of aliphatic hydroxyl groups is 1. The van der Waals surface area contributed by atoms with Crippen molar-refractivity contribution in [2.45, 2.75) is 45.3 Å². The van der Waals surface area contributed by atoms with Crippen molar-refractivity contribution in [1.29, 1.82) is 0 Å². The second-order valence-electron chi connectivity index (χ2n) is 5.39. The van der Waals surface area contributed by atoms with Crippen molar-refractivity contribution in [2.75, 3.05) is 20.7 Å². The van der Waals surface area contributed by atoms with Crippen molar-refractivity contribution < 1.29 is 9.84 Å². The average Bonchev–Trinajstić information content (AvgIpc) is 2.43. The number of hydrogen-bond donors (Lipinski definition) is 1. The van der Waals surface area contributed by atoms with Crippen LogP contribution in [0.15, 0.2) is 24.3 Å². The molecule has 1 N–H and O–H groups in total. The van der Waals surface area contributed by atoms with Gasteiger partial charge in [0.1, 0.15) is 11.9 Å². The molecule has 2 unspecified atom stereocenters. The summed E-state index contributed by atoms with van der Waals surface area (Å²) in [5.41, 5.74) is 0.570. The molecule has 0 aliphatic carbocycles. The standard InChI is InChI=1S/C16H27NO2/c1-6-12-19-14-11-9-8-10-13(14)15(18)16(3,7-2)17(4)5/h8-11,15,18H,6-7,12H2,1-5H3. The van der Waals surface area contributed by atoms with E-state index in [1.165, 1.54) is 0 Å². The highest BCUT2D eigenvalue weighted by molar-refractivity contribution is 5.36. The zero-order valence-electron chi connectivity index (χ0n) is 12.8. The first kappa shape index (κ1) is 16.0. The quantitative estimate of drug-likeness (QED) is 0.821. The number of aliphatic hydroxyl groups excluding tert-OH is 1. The molecule has 2 atom stereocenters. The highest BCUT2D eigenvalue weighted by Gasteiger charge is 2.35. The van der Waals surface area contributed by atoms with Crippen LogP contribution in [-0.4, -0.2) is 36.2 Å². The fourth-order valence-electron chi connectivity index (χ4n) is 2.14. The zero-order valence-corrected chi connectivity index (χ0v) is 12.8. The minimum atomic E-state index is -0.569. The van der Waals surface area contributed by atoms with Gasteiger partial charge in [0.05, 0.1) is 6.61 Å². The predicted octanol–water partition coefficient (Wildman–Crippen LogP) is 3.24. The van der Waals surface area contributed by atoms with Crippen LogP contribution in [0.4, 0.5) is 0 Å². The molecule has 108 valence electrons. The Kier molecular flexibility index (Phi) is 5.83. The van der Waals surface area contributed by atoms with Gasteiger partial charge in [-0.05, 0) is 39.9 Å². The van der Waals surface area contributed by atoms with Crippen molar-refractivity contribution in [1.82, 2.24) is 4.90 Å². The summed E-state index contributed by atoms with van der Waals surface area (Å²) >= 11 is 0. The Bertz CT molecular complexity index is 392. The number of ether oxygens (including phenoxy) is 1. The van der Waals surface area contributed by atoms with Crippen molar-refractivity contribution >= 4 is 0 Å². The lowest BCUT2D eigenvalue weighted by Gasteiger charge is -2.40. The Morgan fingerprint density at radius 1 is 1.26 bits per heavy atom. The van der Waals surface area contributed by atoms with Crippen LogP contribution in [0.2, 0.25) is 0 Å². The van der Waals surface area contributed by atoms with Gasteiger partial charge in [0.15, 0.2) is 0 Å². The van der Waals surface area contributed by atoms with Crippen LogP contribution in [0, 0.1) is 0 Å². The third-order valence-electron chi connectivity index (χ3n) is 4.00. The predicted molar refractivity (Wildman–Crippen MR) is 79.6 cm³/mol. The number of likely N-dealkylation sites (N-methyl/N-ethyl adjacent to an activating group) is 1. The molecule has 0 radical (unpaired) electrons. The van der Waals surface area contributed by atoms with Gasteiger partial charge in [-0.15, -0.1) is 0 Å². The molecular weight excluding hydrogens is 238 g/mol.